The Labute approximate surface area is 117 Å². The minimum atomic E-state index is -0.910. The van der Waals surface area contributed by atoms with Crippen molar-refractivity contribution in [1.29, 1.82) is 0 Å². The number of esters is 1. The lowest BCUT2D eigenvalue weighted by Gasteiger charge is -2.20. The van der Waals surface area contributed by atoms with Gasteiger partial charge >= 0.3 is 5.97 Å². The van der Waals surface area contributed by atoms with Crippen LogP contribution >= 0.6 is 0 Å². The van der Waals surface area contributed by atoms with Gasteiger partial charge in [0.2, 0.25) is 5.90 Å². The van der Waals surface area contributed by atoms with Gasteiger partial charge in [0.1, 0.15) is 0 Å². The smallest absolute Gasteiger partial charge is 0.345 e. The molecule has 0 saturated heterocycles. The number of hydrogen-bond acceptors (Lipinski definition) is 3. The Morgan fingerprint density at radius 2 is 1.60 bits per heavy atom. The van der Waals surface area contributed by atoms with E-state index in [-0.39, 0.29) is 5.97 Å². The molecule has 1 atom stereocenters. The van der Waals surface area contributed by atoms with Crippen molar-refractivity contribution in [3.63, 3.8) is 0 Å². The number of ether oxygens (including phenoxy) is 1. The summed E-state index contributed by atoms with van der Waals surface area (Å²) in [5.74, 6) is 0.103. The van der Waals surface area contributed by atoms with E-state index >= 15 is 0 Å². The molecule has 100 valence electrons. The van der Waals surface area contributed by atoms with Crippen molar-refractivity contribution < 1.29 is 9.53 Å². The van der Waals surface area contributed by atoms with Gasteiger partial charge in [0.15, 0.2) is 5.54 Å². The van der Waals surface area contributed by atoms with E-state index < -0.39 is 5.54 Å². The first-order valence-corrected chi connectivity index (χ1v) is 6.69. The molecule has 1 aliphatic rings. The summed E-state index contributed by atoms with van der Waals surface area (Å²) in [5.41, 5.74) is 0.789. The van der Waals surface area contributed by atoms with Crippen molar-refractivity contribution in [3.05, 3.63) is 71.8 Å². The lowest BCUT2D eigenvalue weighted by molar-refractivity contribution is -0.139. The molecule has 20 heavy (non-hydrogen) atoms. The third kappa shape index (κ3) is 1.92. The standard InChI is InChI=1S/C17H15NO2/c1-2-17(14-11-7-4-8-12-14)16(19)20-15(18-17)13-9-5-3-6-10-13/h3-12H,2H2,1H3/t17-/m1/s1. The molecule has 0 amide bonds. The number of cyclic esters (lactones) is 1. The Morgan fingerprint density at radius 1 is 1.00 bits per heavy atom. The third-order valence-electron chi connectivity index (χ3n) is 3.60. The van der Waals surface area contributed by atoms with Crippen molar-refractivity contribution in [1.82, 2.24) is 0 Å². The maximum absolute atomic E-state index is 12.4. The Hall–Kier alpha value is -2.42. The monoisotopic (exact) mass is 265 g/mol. The van der Waals surface area contributed by atoms with Crippen LogP contribution in [0.15, 0.2) is 65.7 Å². The first-order valence-electron chi connectivity index (χ1n) is 6.69. The third-order valence-corrected chi connectivity index (χ3v) is 3.60. The Kier molecular flexibility index (Phi) is 3.11. The number of carbonyl (C=O) groups excluding carboxylic acids is 1. The van der Waals surface area contributed by atoms with Gasteiger partial charge in [-0.05, 0) is 24.1 Å². The molecule has 0 aliphatic carbocycles. The van der Waals surface area contributed by atoms with E-state index in [1.165, 1.54) is 0 Å². The highest BCUT2D eigenvalue weighted by molar-refractivity contribution is 6.08. The van der Waals surface area contributed by atoms with E-state index in [0.29, 0.717) is 12.3 Å². The molecular formula is C17H15NO2. The number of benzene rings is 2. The predicted octanol–water partition coefficient (Wildman–Crippen LogP) is 3.30. The minimum absolute atomic E-state index is 0.301. The Morgan fingerprint density at radius 3 is 2.20 bits per heavy atom. The highest BCUT2D eigenvalue weighted by Gasteiger charge is 2.46. The van der Waals surface area contributed by atoms with Gasteiger partial charge in [-0.15, -0.1) is 0 Å². The van der Waals surface area contributed by atoms with Crippen LogP contribution in [0.3, 0.4) is 0 Å². The van der Waals surface area contributed by atoms with Gasteiger partial charge < -0.3 is 4.74 Å². The van der Waals surface area contributed by atoms with Crippen LogP contribution in [0.5, 0.6) is 0 Å². The Bertz CT molecular complexity index is 649. The second kappa shape index (κ2) is 4.93. The van der Waals surface area contributed by atoms with E-state index in [0.717, 1.165) is 11.1 Å². The zero-order valence-corrected chi connectivity index (χ0v) is 11.2. The molecule has 2 aromatic carbocycles. The van der Waals surface area contributed by atoms with Crippen molar-refractivity contribution in [2.75, 3.05) is 0 Å². The maximum atomic E-state index is 12.4. The van der Waals surface area contributed by atoms with Crippen molar-refractivity contribution in [2.45, 2.75) is 18.9 Å². The maximum Gasteiger partial charge on any atom is 0.345 e. The summed E-state index contributed by atoms with van der Waals surface area (Å²) < 4.78 is 5.42. The summed E-state index contributed by atoms with van der Waals surface area (Å²) >= 11 is 0. The number of aliphatic imine (C=N–C) groups is 1. The first kappa shape index (κ1) is 12.6. The molecule has 0 aromatic heterocycles. The van der Waals surface area contributed by atoms with Gasteiger partial charge in [-0.1, -0.05) is 55.5 Å². The number of nitrogens with zero attached hydrogens (tertiary/aromatic N) is 1. The summed E-state index contributed by atoms with van der Waals surface area (Å²) in [6.45, 7) is 1.95. The van der Waals surface area contributed by atoms with Crippen LogP contribution in [0, 0.1) is 0 Å². The summed E-state index contributed by atoms with van der Waals surface area (Å²) in [6.07, 6.45) is 0.576. The molecule has 3 nitrogen and oxygen atoms in total. The molecule has 0 N–H and O–H groups in total. The number of rotatable bonds is 3. The van der Waals surface area contributed by atoms with Crippen molar-refractivity contribution in [2.24, 2.45) is 4.99 Å². The second-order valence-electron chi connectivity index (χ2n) is 4.75. The lowest BCUT2D eigenvalue weighted by atomic mass is 9.88. The largest absolute Gasteiger partial charge is 0.405 e. The lowest BCUT2D eigenvalue weighted by Crippen LogP contribution is -2.30. The normalized spacial score (nSPS) is 21.4. The van der Waals surface area contributed by atoms with Crippen molar-refractivity contribution in [3.8, 4) is 0 Å². The minimum Gasteiger partial charge on any atom is -0.405 e. The molecular weight excluding hydrogens is 250 g/mol. The van der Waals surface area contributed by atoms with Crippen LogP contribution in [0.25, 0.3) is 0 Å². The van der Waals surface area contributed by atoms with E-state index in [4.69, 9.17) is 4.74 Å². The summed E-state index contributed by atoms with van der Waals surface area (Å²) in [7, 11) is 0. The van der Waals surface area contributed by atoms with Crippen LogP contribution in [0.1, 0.15) is 24.5 Å². The topological polar surface area (TPSA) is 38.7 Å². The van der Waals surface area contributed by atoms with Crippen LogP contribution in [-0.2, 0) is 15.1 Å². The van der Waals surface area contributed by atoms with Crippen LogP contribution in [0.2, 0.25) is 0 Å². The highest BCUT2D eigenvalue weighted by atomic mass is 16.6. The fourth-order valence-electron chi connectivity index (χ4n) is 2.44. The SMILES string of the molecule is CC[C@]1(c2ccccc2)N=C(c2ccccc2)OC1=O. The quantitative estimate of drug-likeness (QED) is 0.799. The molecule has 0 unspecified atom stereocenters. The van der Waals surface area contributed by atoms with E-state index in [1.807, 2.05) is 67.6 Å². The van der Waals surface area contributed by atoms with E-state index in [9.17, 15) is 4.79 Å². The van der Waals surface area contributed by atoms with Gasteiger partial charge in [-0.25, -0.2) is 9.79 Å². The molecule has 0 fully saturated rings. The van der Waals surface area contributed by atoms with Gasteiger partial charge in [0.25, 0.3) is 0 Å². The van der Waals surface area contributed by atoms with E-state index in [2.05, 4.69) is 4.99 Å². The second-order valence-corrected chi connectivity index (χ2v) is 4.75. The van der Waals surface area contributed by atoms with E-state index in [1.54, 1.807) is 0 Å². The van der Waals surface area contributed by atoms with Gasteiger partial charge in [0, 0.05) is 5.56 Å². The fourth-order valence-corrected chi connectivity index (χ4v) is 2.44. The molecule has 0 radical (unpaired) electrons. The molecule has 2 aromatic rings. The zero-order valence-electron chi connectivity index (χ0n) is 11.2. The average Bonchev–Trinajstić information content (AvgIpc) is 2.87. The van der Waals surface area contributed by atoms with Gasteiger partial charge in [0.05, 0.1) is 0 Å². The molecule has 3 heteroatoms. The molecule has 0 saturated carbocycles. The number of carbonyl (C=O) groups is 1. The first-order chi connectivity index (χ1) is 9.76. The fraction of sp³-hybridized carbons (Fsp3) is 0.176. The molecule has 3 rings (SSSR count). The van der Waals surface area contributed by atoms with Gasteiger partial charge in [-0.3, -0.25) is 0 Å². The summed E-state index contributed by atoms with van der Waals surface area (Å²) in [6, 6.07) is 19.1. The van der Waals surface area contributed by atoms with Crippen LogP contribution < -0.4 is 0 Å². The predicted molar refractivity (Wildman–Crippen MR) is 77.5 cm³/mol. The van der Waals surface area contributed by atoms with Gasteiger partial charge in [-0.2, -0.15) is 0 Å². The molecule has 1 heterocycles. The molecule has 1 aliphatic heterocycles. The number of hydrogen-bond donors (Lipinski definition) is 0. The zero-order chi connectivity index (χ0) is 14.0. The molecule has 0 bridgehead atoms. The molecule has 0 spiro atoms. The van der Waals surface area contributed by atoms with Crippen LogP contribution in [0.4, 0.5) is 0 Å². The van der Waals surface area contributed by atoms with Crippen LogP contribution in [-0.4, -0.2) is 11.9 Å². The summed E-state index contributed by atoms with van der Waals surface area (Å²) in [5, 5.41) is 0. The van der Waals surface area contributed by atoms with Crippen molar-refractivity contribution >= 4 is 11.9 Å². The summed E-state index contributed by atoms with van der Waals surface area (Å²) in [4.78, 5) is 17.0. The Balaban J connectivity index is 2.08. The average molecular weight is 265 g/mol. The highest BCUT2D eigenvalue weighted by Crippen LogP contribution is 2.36.